The number of ketones is 1. The maximum absolute atomic E-state index is 11.8. The van der Waals surface area contributed by atoms with Crippen LogP contribution in [0.3, 0.4) is 0 Å². The van der Waals surface area contributed by atoms with E-state index in [0.717, 1.165) is 17.4 Å². The zero-order chi connectivity index (χ0) is 13.4. The number of nitrogens with zero attached hydrogens (tertiary/aromatic N) is 1. The maximum Gasteiger partial charge on any atom is 0.163 e. The topological polar surface area (TPSA) is 22.0 Å². The fourth-order valence-electron chi connectivity index (χ4n) is 2.34. The minimum absolute atomic E-state index is 0.0260. The lowest BCUT2D eigenvalue weighted by Gasteiger charge is -2.06. The molecule has 18 heavy (non-hydrogen) atoms. The number of carbonyl (C=O) groups excluding carboxylic acids is 1. The number of aromatic nitrogens is 1. The average Bonchev–Trinajstić information content (AvgIpc) is 2.59. The molecule has 0 amide bonds. The maximum atomic E-state index is 11.8. The van der Waals surface area contributed by atoms with Crippen molar-refractivity contribution in [3.05, 3.63) is 34.5 Å². The summed E-state index contributed by atoms with van der Waals surface area (Å²) in [6.45, 7) is 8.66. The van der Waals surface area contributed by atoms with Gasteiger partial charge in [-0.25, -0.2) is 0 Å². The van der Waals surface area contributed by atoms with Gasteiger partial charge in [0.05, 0.1) is 5.56 Å². The summed E-state index contributed by atoms with van der Waals surface area (Å²) >= 11 is 6.32. The second-order valence-corrected chi connectivity index (χ2v) is 5.26. The Kier molecular flexibility index (Phi) is 3.49. The summed E-state index contributed by atoms with van der Waals surface area (Å²) < 4.78 is 1.98. The quantitative estimate of drug-likeness (QED) is 0.740. The molecule has 0 atom stereocenters. The second kappa shape index (κ2) is 4.77. The van der Waals surface area contributed by atoms with Crippen molar-refractivity contribution >= 4 is 28.3 Å². The molecule has 2 aromatic rings. The SMILES string of the molecule is CCn1c(Cl)c(C(C)=O)c2cc(C(C)C)ccc21. The Morgan fingerprint density at radius 1 is 1.39 bits per heavy atom. The number of fused-ring (bicyclic) bond motifs is 1. The Labute approximate surface area is 113 Å². The molecule has 2 rings (SSSR count). The Bertz CT molecular complexity index is 610. The van der Waals surface area contributed by atoms with Crippen molar-refractivity contribution in [2.75, 3.05) is 0 Å². The van der Waals surface area contributed by atoms with E-state index >= 15 is 0 Å². The number of hydrogen-bond acceptors (Lipinski definition) is 1. The standard InChI is InChI=1S/C15H18ClNO/c1-5-17-13-7-6-11(9(2)3)8-12(13)14(10(4)18)15(17)16/h6-9H,5H2,1-4H3. The highest BCUT2D eigenvalue weighted by Gasteiger charge is 2.18. The summed E-state index contributed by atoms with van der Waals surface area (Å²) in [5.74, 6) is 0.469. The van der Waals surface area contributed by atoms with E-state index in [1.165, 1.54) is 5.56 Å². The van der Waals surface area contributed by atoms with Gasteiger partial charge in [0.1, 0.15) is 5.15 Å². The molecule has 0 fully saturated rings. The molecule has 0 radical (unpaired) electrons. The molecule has 0 aliphatic rings. The molecule has 0 unspecified atom stereocenters. The first-order valence-corrected chi connectivity index (χ1v) is 6.67. The summed E-state index contributed by atoms with van der Waals surface area (Å²) in [5.41, 5.74) is 2.92. The molecule has 0 spiro atoms. The summed E-state index contributed by atoms with van der Waals surface area (Å²) in [5, 5.41) is 1.53. The van der Waals surface area contributed by atoms with E-state index in [1.807, 2.05) is 11.5 Å². The molecule has 0 bridgehead atoms. The van der Waals surface area contributed by atoms with Gasteiger partial charge < -0.3 is 4.57 Å². The Balaban J connectivity index is 2.83. The molecule has 2 nitrogen and oxygen atoms in total. The number of aryl methyl sites for hydroxylation is 1. The van der Waals surface area contributed by atoms with Crippen LogP contribution in [-0.4, -0.2) is 10.4 Å². The van der Waals surface area contributed by atoms with Crippen LogP contribution in [0.4, 0.5) is 0 Å². The smallest absolute Gasteiger partial charge is 0.163 e. The molecule has 0 aliphatic carbocycles. The third-order valence-corrected chi connectivity index (χ3v) is 3.75. The molecular weight excluding hydrogens is 246 g/mol. The molecule has 96 valence electrons. The highest BCUT2D eigenvalue weighted by molar-refractivity contribution is 6.35. The first-order chi connectivity index (χ1) is 8.47. The third kappa shape index (κ3) is 1.95. The average molecular weight is 264 g/mol. The number of Topliss-reactive ketones (excluding diaryl/α,β-unsaturated/α-hetero) is 1. The normalized spacial score (nSPS) is 11.4. The highest BCUT2D eigenvalue weighted by atomic mass is 35.5. The largest absolute Gasteiger partial charge is 0.331 e. The van der Waals surface area contributed by atoms with Crippen LogP contribution >= 0.6 is 11.6 Å². The molecule has 1 aromatic heterocycles. The fraction of sp³-hybridized carbons (Fsp3) is 0.400. The van der Waals surface area contributed by atoms with E-state index in [4.69, 9.17) is 11.6 Å². The molecule has 1 heterocycles. The van der Waals surface area contributed by atoms with Gasteiger partial charge in [0.25, 0.3) is 0 Å². The summed E-state index contributed by atoms with van der Waals surface area (Å²) in [7, 11) is 0. The van der Waals surface area contributed by atoms with Crippen LogP contribution in [0.5, 0.6) is 0 Å². The van der Waals surface area contributed by atoms with Crippen molar-refractivity contribution in [1.82, 2.24) is 4.57 Å². The lowest BCUT2D eigenvalue weighted by Crippen LogP contribution is -1.95. The monoisotopic (exact) mass is 263 g/mol. The number of hydrogen-bond donors (Lipinski definition) is 0. The number of carbonyl (C=O) groups is 1. The lowest BCUT2D eigenvalue weighted by molar-refractivity contribution is 0.101. The van der Waals surface area contributed by atoms with E-state index in [-0.39, 0.29) is 5.78 Å². The minimum atomic E-state index is 0.0260. The van der Waals surface area contributed by atoms with Crippen LogP contribution in [-0.2, 0) is 6.54 Å². The molecule has 1 aromatic carbocycles. The second-order valence-electron chi connectivity index (χ2n) is 4.90. The van der Waals surface area contributed by atoms with Crippen LogP contribution < -0.4 is 0 Å². The first kappa shape index (κ1) is 13.2. The summed E-state index contributed by atoms with van der Waals surface area (Å²) in [6.07, 6.45) is 0. The molecule has 0 saturated heterocycles. The van der Waals surface area contributed by atoms with Crippen LogP contribution in [0.1, 0.15) is 49.5 Å². The molecule has 0 saturated carbocycles. The molecule has 0 N–H and O–H groups in total. The molecule has 3 heteroatoms. The molecular formula is C15H18ClNO. The van der Waals surface area contributed by atoms with Crippen molar-refractivity contribution in [3.63, 3.8) is 0 Å². The Morgan fingerprint density at radius 3 is 2.56 bits per heavy atom. The van der Waals surface area contributed by atoms with Gasteiger partial charge in [-0.2, -0.15) is 0 Å². The zero-order valence-electron chi connectivity index (χ0n) is 11.2. The predicted molar refractivity (Wildman–Crippen MR) is 76.7 cm³/mol. The van der Waals surface area contributed by atoms with Gasteiger partial charge in [0, 0.05) is 17.4 Å². The van der Waals surface area contributed by atoms with E-state index in [2.05, 4.69) is 32.0 Å². The highest BCUT2D eigenvalue weighted by Crippen LogP contribution is 2.32. The van der Waals surface area contributed by atoms with Gasteiger partial charge in [-0.1, -0.05) is 31.5 Å². The number of benzene rings is 1. The van der Waals surface area contributed by atoms with Crippen LogP contribution in [0.15, 0.2) is 18.2 Å². The van der Waals surface area contributed by atoms with E-state index in [1.54, 1.807) is 6.92 Å². The van der Waals surface area contributed by atoms with Crippen molar-refractivity contribution in [1.29, 1.82) is 0 Å². The summed E-state index contributed by atoms with van der Waals surface area (Å²) in [6, 6.07) is 6.26. The van der Waals surface area contributed by atoms with Crippen LogP contribution in [0.2, 0.25) is 5.15 Å². The third-order valence-electron chi connectivity index (χ3n) is 3.36. The van der Waals surface area contributed by atoms with Gasteiger partial charge in [-0.15, -0.1) is 0 Å². The Hall–Kier alpha value is -1.28. The van der Waals surface area contributed by atoms with E-state index in [9.17, 15) is 4.79 Å². The van der Waals surface area contributed by atoms with Gasteiger partial charge in [-0.3, -0.25) is 4.79 Å². The van der Waals surface area contributed by atoms with Crippen LogP contribution in [0, 0.1) is 0 Å². The minimum Gasteiger partial charge on any atom is -0.331 e. The van der Waals surface area contributed by atoms with Crippen LogP contribution in [0.25, 0.3) is 10.9 Å². The van der Waals surface area contributed by atoms with E-state index in [0.29, 0.717) is 16.6 Å². The Morgan fingerprint density at radius 2 is 2.06 bits per heavy atom. The first-order valence-electron chi connectivity index (χ1n) is 6.30. The van der Waals surface area contributed by atoms with Gasteiger partial charge in [0.15, 0.2) is 5.78 Å². The van der Waals surface area contributed by atoms with Crippen molar-refractivity contribution in [2.45, 2.75) is 40.2 Å². The summed E-state index contributed by atoms with van der Waals surface area (Å²) in [4.78, 5) is 11.8. The number of halogens is 1. The fourth-order valence-corrected chi connectivity index (χ4v) is 2.79. The lowest BCUT2D eigenvalue weighted by atomic mass is 10.00. The molecule has 0 aliphatic heterocycles. The zero-order valence-corrected chi connectivity index (χ0v) is 12.0. The van der Waals surface area contributed by atoms with Gasteiger partial charge in [0.2, 0.25) is 0 Å². The van der Waals surface area contributed by atoms with E-state index < -0.39 is 0 Å². The van der Waals surface area contributed by atoms with Gasteiger partial charge >= 0.3 is 0 Å². The predicted octanol–water partition coefficient (Wildman–Crippen LogP) is 4.64. The van der Waals surface area contributed by atoms with Crippen molar-refractivity contribution in [2.24, 2.45) is 0 Å². The van der Waals surface area contributed by atoms with Crippen molar-refractivity contribution in [3.8, 4) is 0 Å². The van der Waals surface area contributed by atoms with Gasteiger partial charge in [-0.05, 0) is 37.5 Å². The van der Waals surface area contributed by atoms with Crippen molar-refractivity contribution < 1.29 is 4.79 Å². The number of rotatable bonds is 3.